The first kappa shape index (κ1) is 24.9. The number of tetrazole rings is 1. The zero-order chi connectivity index (χ0) is 26.8. The normalized spacial score (nSPS) is 15.1. The van der Waals surface area contributed by atoms with Gasteiger partial charge in [0.25, 0.3) is 5.56 Å². The van der Waals surface area contributed by atoms with Gasteiger partial charge in [0.1, 0.15) is 24.1 Å². The van der Waals surface area contributed by atoms with Gasteiger partial charge in [0.15, 0.2) is 5.82 Å². The number of ether oxygens (including phenoxy) is 1. The molecule has 0 unspecified atom stereocenters. The summed E-state index contributed by atoms with van der Waals surface area (Å²) in [5.41, 5.74) is 3.67. The number of piperazine rings is 1. The third-order valence-electron chi connectivity index (χ3n) is 7.45. The molecule has 1 aliphatic heterocycles. The number of nitrogens with zero attached hydrogens (tertiary/aromatic N) is 6. The smallest absolute Gasteiger partial charge is 0.253 e. The Morgan fingerprint density at radius 2 is 1.87 bits per heavy atom. The molecule has 1 fully saturated rings. The quantitative estimate of drug-likeness (QED) is 0.327. The maximum Gasteiger partial charge on any atom is 0.253 e. The van der Waals surface area contributed by atoms with Gasteiger partial charge in [0, 0.05) is 42.9 Å². The molecule has 0 aliphatic carbocycles. The van der Waals surface area contributed by atoms with Gasteiger partial charge in [-0.05, 0) is 82.4 Å². The zero-order valence-electron chi connectivity index (χ0n) is 22.1. The van der Waals surface area contributed by atoms with Crippen LogP contribution in [0.2, 0.25) is 0 Å². The summed E-state index contributed by atoms with van der Waals surface area (Å²) in [7, 11) is 1.67. The largest absolute Gasteiger partial charge is 0.497 e. The number of rotatable bonds is 8. The summed E-state index contributed by atoms with van der Waals surface area (Å²) in [5.74, 6) is 2.19. The molecule has 0 radical (unpaired) electrons. The Morgan fingerprint density at radius 1 is 1.05 bits per heavy atom. The van der Waals surface area contributed by atoms with Crippen LogP contribution < -0.4 is 15.2 Å². The number of aryl methyl sites for hydroxylation is 1. The first-order chi connectivity index (χ1) is 19.1. The van der Waals surface area contributed by atoms with Gasteiger partial charge < -0.3 is 19.0 Å². The van der Waals surface area contributed by atoms with Crippen LogP contribution in [0, 0.1) is 0 Å². The fourth-order valence-corrected chi connectivity index (χ4v) is 5.30. The number of hydrogen-bond acceptors (Lipinski definition) is 8. The van der Waals surface area contributed by atoms with Gasteiger partial charge in [0.2, 0.25) is 0 Å². The minimum absolute atomic E-state index is 0.137. The monoisotopic (exact) mass is 525 g/mol. The fraction of sp³-hybridized carbons (Fsp3) is 0.310. The minimum atomic E-state index is -0.425. The lowest BCUT2D eigenvalue weighted by atomic mass is 10.0. The number of pyridine rings is 1. The number of hydrogen-bond donors (Lipinski definition) is 1. The van der Waals surface area contributed by atoms with Crippen LogP contribution >= 0.6 is 0 Å². The molecule has 10 nitrogen and oxygen atoms in total. The van der Waals surface area contributed by atoms with Crippen LogP contribution in [-0.2, 0) is 13.0 Å². The van der Waals surface area contributed by atoms with E-state index < -0.39 is 6.04 Å². The van der Waals surface area contributed by atoms with E-state index in [1.165, 1.54) is 5.56 Å². The first-order valence-electron chi connectivity index (χ1n) is 13.2. The van der Waals surface area contributed by atoms with E-state index in [0.29, 0.717) is 17.9 Å². The Hall–Kier alpha value is -4.44. The number of nitrogens with one attached hydrogen (secondary N) is 1. The Balaban J connectivity index is 1.37. The molecule has 5 aromatic rings. The molecule has 0 saturated carbocycles. The molecule has 6 rings (SSSR count). The van der Waals surface area contributed by atoms with Gasteiger partial charge in [-0.15, -0.1) is 5.10 Å². The summed E-state index contributed by atoms with van der Waals surface area (Å²) >= 11 is 0. The third-order valence-corrected chi connectivity index (χ3v) is 7.45. The number of furan rings is 1. The molecule has 10 heteroatoms. The second-order valence-corrected chi connectivity index (χ2v) is 9.73. The Morgan fingerprint density at radius 3 is 2.59 bits per heavy atom. The predicted octanol–water partition coefficient (Wildman–Crippen LogP) is 3.64. The molecule has 2 aromatic carbocycles. The molecule has 0 bridgehead atoms. The predicted molar refractivity (Wildman–Crippen MR) is 148 cm³/mol. The fourth-order valence-electron chi connectivity index (χ4n) is 5.30. The highest BCUT2D eigenvalue weighted by Crippen LogP contribution is 2.30. The van der Waals surface area contributed by atoms with Gasteiger partial charge in [-0.2, -0.15) is 0 Å². The van der Waals surface area contributed by atoms with Crippen LogP contribution in [0.25, 0.3) is 10.9 Å². The van der Waals surface area contributed by atoms with Gasteiger partial charge in [-0.1, -0.05) is 13.0 Å². The van der Waals surface area contributed by atoms with Crippen molar-refractivity contribution in [3.8, 4) is 5.75 Å². The van der Waals surface area contributed by atoms with Crippen molar-refractivity contribution in [3.05, 3.63) is 100.0 Å². The topological polar surface area (TPSA) is 105 Å². The van der Waals surface area contributed by atoms with Crippen molar-refractivity contribution < 1.29 is 9.15 Å². The Kier molecular flexibility index (Phi) is 6.85. The molecular weight excluding hydrogens is 494 g/mol. The summed E-state index contributed by atoms with van der Waals surface area (Å²) in [6, 6.07) is 19.6. The van der Waals surface area contributed by atoms with E-state index in [-0.39, 0.29) is 5.56 Å². The first-order valence-corrected chi connectivity index (χ1v) is 13.2. The van der Waals surface area contributed by atoms with Crippen molar-refractivity contribution in [2.45, 2.75) is 25.9 Å². The van der Waals surface area contributed by atoms with Gasteiger partial charge in [-0.3, -0.25) is 9.69 Å². The van der Waals surface area contributed by atoms with Crippen molar-refractivity contribution in [2.75, 3.05) is 38.2 Å². The molecule has 0 amide bonds. The summed E-state index contributed by atoms with van der Waals surface area (Å²) in [6.45, 7) is 5.57. The molecule has 1 atom stereocenters. The third kappa shape index (κ3) is 5.03. The minimum Gasteiger partial charge on any atom is -0.497 e. The molecule has 39 heavy (non-hydrogen) atoms. The van der Waals surface area contributed by atoms with E-state index in [1.54, 1.807) is 18.1 Å². The lowest BCUT2D eigenvalue weighted by molar-refractivity contribution is 0.200. The van der Waals surface area contributed by atoms with Gasteiger partial charge >= 0.3 is 0 Å². The molecule has 1 saturated heterocycles. The zero-order valence-corrected chi connectivity index (χ0v) is 22.1. The molecule has 200 valence electrons. The van der Waals surface area contributed by atoms with Crippen molar-refractivity contribution in [3.63, 3.8) is 0 Å². The maximum atomic E-state index is 13.5. The van der Waals surface area contributed by atoms with E-state index in [4.69, 9.17) is 9.15 Å². The SMILES string of the molecule is CCc1ccc2[nH]c(=O)c([C@H](c3nnnn3Cc3ccco3)N3CCN(c4ccc(OC)cc4)CC3)cc2c1. The van der Waals surface area contributed by atoms with Crippen molar-refractivity contribution in [1.29, 1.82) is 0 Å². The second kappa shape index (κ2) is 10.7. The number of benzene rings is 2. The summed E-state index contributed by atoms with van der Waals surface area (Å²) in [6.07, 6.45) is 2.55. The van der Waals surface area contributed by atoms with Gasteiger partial charge in [0.05, 0.1) is 13.4 Å². The van der Waals surface area contributed by atoms with Crippen LogP contribution in [0.1, 0.15) is 35.7 Å². The number of H-pyrrole nitrogens is 1. The van der Waals surface area contributed by atoms with Crippen LogP contribution in [0.4, 0.5) is 5.69 Å². The van der Waals surface area contributed by atoms with Crippen molar-refractivity contribution in [1.82, 2.24) is 30.1 Å². The number of aromatic nitrogens is 5. The van der Waals surface area contributed by atoms with Crippen LogP contribution in [-0.4, -0.2) is 63.4 Å². The lowest BCUT2D eigenvalue weighted by Gasteiger charge is -2.39. The molecule has 0 spiro atoms. The number of methoxy groups -OCH3 is 1. The van der Waals surface area contributed by atoms with E-state index in [2.05, 4.69) is 61.5 Å². The highest BCUT2D eigenvalue weighted by atomic mass is 16.5. The lowest BCUT2D eigenvalue weighted by Crippen LogP contribution is -2.49. The number of fused-ring (bicyclic) bond motifs is 1. The summed E-state index contributed by atoms with van der Waals surface area (Å²) in [4.78, 5) is 21.3. The van der Waals surface area contributed by atoms with Crippen LogP contribution in [0.5, 0.6) is 5.75 Å². The highest BCUT2D eigenvalue weighted by Gasteiger charge is 2.33. The van der Waals surface area contributed by atoms with E-state index in [0.717, 1.165) is 60.7 Å². The number of aromatic amines is 1. The average Bonchev–Trinajstić information content (AvgIpc) is 3.66. The summed E-state index contributed by atoms with van der Waals surface area (Å²) in [5, 5.41) is 13.7. The van der Waals surface area contributed by atoms with Crippen molar-refractivity contribution >= 4 is 16.6 Å². The van der Waals surface area contributed by atoms with Crippen molar-refractivity contribution in [2.24, 2.45) is 0 Å². The van der Waals surface area contributed by atoms with E-state index in [1.807, 2.05) is 36.4 Å². The van der Waals surface area contributed by atoms with Gasteiger partial charge in [-0.25, -0.2) is 4.68 Å². The Labute approximate surface area is 225 Å². The van der Waals surface area contributed by atoms with E-state index in [9.17, 15) is 4.79 Å². The Bertz CT molecular complexity index is 1600. The molecule has 1 aliphatic rings. The standard InChI is InChI=1S/C29H31N7O3/c1-3-20-6-11-26-21(17-20)18-25(29(37)30-26)27(28-31-32-33-36(28)19-24-5-4-16-39-24)35-14-12-34(13-15-35)22-7-9-23(38-2)10-8-22/h4-11,16-18,27H,3,12-15,19H2,1-2H3,(H,30,37)/t27-/m1/s1. The number of anilines is 1. The van der Waals surface area contributed by atoms with Crippen LogP contribution in [0.15, 0.2) is 76.1 Å². The van der Waals surface area contributed by atoms with Crippen LogP contribution in [0.3, 0.4) is 0 Å². The second-order valence-electron chi connectivity index (χ2n) is 9.73. The summed E-state index contributed by atoms with van der Waals surface area (Å²) < 4.78 is 12.6. The average molecular weight is 526 g/mol. The molecule has 1 N–H and O–H groups in total. The highest BCUT2D eigenvalue weighted by molar-refractivity contribution is 5.80. The molecule has 4 heterocycles. The molecule has 3 aromatic heterocycles. The maximum absolute atomic E-state index is 13.5. The van der Waals surface area contributed by atoms with E-state index >= 15 is 0 Å². The molecular formula is C29H31N7O3.